The predicted octanol–water partition coefficient (Wildman–Crippen LogP) is 1.34. The van der Waals surface area contributed by atoms with Crippen molar-refractivity contribution in [3.05, 3.63) is 66.1 Å². The lowest BCUT2D eigenvalue weighted by Crippen LogP contribution is -2.56. The van der Waals surface area contributed by atoms with Crippen LogP contribution in [0.5, 0.6) is 5.75 Å². The Morgan fingerprint density at radius 1 is 1.24 bits per heavy atom. The molecule has 0 aliphatic carbocycles. The van der Waals surface area contributed by atoms with Crippen molar-refractivity contribution in [3.8, 4) is 5.75 Å². The highest BCUT2D eigenvalue weighted by molar-refractivity contribution is 6.00. The van der Waals surface area contributed by atoms with Crippen molar-refractivity contribution in [1.29, 1.82) is 0 Å². The van der Waals surface area contributed by atoms with Crippen molar-refractivity contribution in [2.75, 3.05) is 11.9 Å². The van der Waals surface area contributed by atoms with E-state index in [0.717, 1.165) is 5.56 Å². The third kappa shape index (κ3) is 3.93. The minimum atomic E-state index is -0.852. The number of fused-ring (bicyclic) bond motifs is 1. The molecule has 3 atom stereocenters. The van der Waals surface area contributed by atoms with Gasteiger partial charge in [-0.15, -0.1) is 5.48 Å². The van der Waals surface area contributed by atoms with E-state index in [1.807, 2.05) is 30.3 Å². The zero-order valence-corrected chi connectivity index (χ0v) is 16.2. The van der Waals surface area contributed by atoms with Crippen LogP contribution in [0.1, 0.15) is 12.5 Å². The molecule has 2 N–H and O–H groups in total. The lowest BCUT2D eigenvalue weighted by molar-refractivity contribution is -0.130. The maximum absolute atomic E-state index is 12.9. The highest BCUT2D eigenvalue weighted by Crippen LogP contribution is 2.29. The van der Waals surface area contributed by atoms with Crippen LogP contribution in [-0.4, -0.2) is 42.0 Å². The molecule has 1 aromatic heterocycles. The Morgan fingerprint density at radius 3 is 2.83 bits per heavy atom. The Kier molecular flexibility index (Phi) is 5.18. The fourth-order valence-corrected chi connectivity index (χ4v) is 3.34. The number of likely N-dealkylation sites (N-methyl/N-ethyl adjacent to an activating group) is 1. The minimum Gasteiger partial charge on any atom is -0.484 e. The molecule has 3 heterocycles. The third-order valence-electron chi connectivity index (χ3n) is 4.92. The summed E-state index contributed by atoms with van der Waals surface area (Å²) in [5.74, 6) is 0.917. The van der Waals surface area contributed by atoms with Crippen molar-refractivity contribution >= 4 is 17.6 Å². The van der Waals surface area contributed by atoms with Crippen LogP contribution in [0.4, 0.5) is 5.82 Å². The summed E-state index contributed by atoms with van der Waals surface area (Å²) in [4.78, 5) is 36.7. The van der Waals surface area contributed by atoms with Crippen molar-refractivity contribution in [3.63, 3.8) is 0 Å². The fraction of sp³-hybridized carbons (Fsp3) is 0.286. The van der Waals surface area contributed by atoms with Crippen LogP contribution in [0.15, 0.2) is 60.5 Å². The van der Waals surface area contributed by atoms with E-state index < -0.39 is 18.2 Å². The summed E-state index contributed by atoms with van der Waals surface area (Å²) in [6.07, 6.45) is 3.32. The molecule has 0 spiro atoms. The molecule has 8 nitrogen and oxygen atoms in total. The maximum atomic E-state index is 12.9. The number of amides is 2. The molecule has 2 aliphatic heterocycles. The van der Waals surface area contributed by atoms with Gasteiger partial charge in [-0.05, 0) is 30.7 Å². The standard InChI is InChI=1S/C21H22N4O4/c1-13-18(21(27)25(2)19-17(28-13)9-6-10-22-19)23-20(26)16-12-15(29-24-16)11-14-7-4-3-5-8-14/h3-10,12-13,16,18,24H,11H2,1-2H3,(H,23,26). The molecule has 0 bridgehead atoms. The van der Waals surface area contributed by atoms with Crippen LogP contribution in [0, 0.1) is 0 Å². The molecule has 0 saturated carbocycles. The Labute approximate surface area is 168 Å². The number of benzene rings is 1. The van der Waals surface area contributed by atoms with Crippen molar-refractivity contribution in [1.82, 2.24) is 15.8 Å². The summed E-state index contributed by atoms with van der Waals surface area (Å²) in [6, 6.07) is 11.8. The zero-order chi connectivity index (χ0) is 20.4. The lowest BCUT2D eigenvalue weighted by atomic mass is 10.1. The van der Waals surface area contributed by atoms with Crippen molar-refractivity contribution < 1.29 is 19.2 Å². The summed E-state index contributed by atoms with van der Waals surface area (Å²) in [7, 11) is 1.61. The van der Waals surface area contributed by atoms with Crippen LogP contribution in [0.2, 0.25) is 0 Å². The molecule has 8 heteroatoms. The van der Waals surface area contributed by atoms with E-state index in [4.69, 9.17) is 9.57 Å². The van der Waals surface area contributed by atoms with Gasteiger partial charge in [-0.2, -0.15) is 0 Å². The second kappa shape index (κ2) is 7.92. The molecule has 1 aromatic carbocycles. The average molecular weight is 394 g/mol. The van der Waals surface area contributed by atoms with Crippen LogP contribution in [0.25, 0.3) is 0 Å². The fourth-order valence-electron chi connectivity index (χ4n) is 3.34. The number of allylic oxidation sites excluding steroid dienone is 1. The zero-order valence-electron chi connectivity index (χ0n) is 16.2. The van der Waals surface area contributed by atoms with E-state index >= 15 is 0 Å². The van der Waals surface area contributed by atoms with Gasteiger partial charge in [0, 0.05) is 19.7 Å². The number of ether oxygens (including phenoxy) is 1. The highest BCUT2D eigenvalue weighted by atomic mass is 16.7. The van der Waals surface area contributed by atoms with E-state index in [-0.39, 0.29) is 11.8 Å². The Hall–Kier alpha value is -3.39. The summed E-state index contributed by atoms with van der Waals surface area (Å²) < 4.78 is 5.87. The monoisotopic (exact) mass is 394 g/mol. The van der Waals surface area contributed by atoms with Gasteiger partial charge < -0.3 is 14.9 Å². The first-order valence-corrected chi connectivity index (χ1v) is 9.39. The van der Waals surface area contributed by atoms with Crippen LogP contribution in [0.3, 0.4) is 0 Å². The first-order chi connectivity index (χ1) is 14.0. The van der Waals surface area contributed by atoms with Gasteiger partial charge in [0.1, 0.15) is 23.9 Å². The number of carbonyl (C=O) groups is 2. The summed E-state index contributed by atoms with van der Waals surface area (Å²) >= 11 is 0. The number of carbonyl (C=O) groups excluding carboxylic acids is 2. The van der Waals surface area contributed by atoms with Crippen molar-refractivity contribution in [2.45, 2.75) is 31.5 Å². The average Bonchev–Trinajstić information content (AvgIpc) is 3.17. The second-order valence-electron chi connectivity index (χ2n) is 7.02. The molecule has 0 fully saturated rings. The number of rotatable bonds is 4. The number of anilines is 1. The SMILES string of the molecule is CC1Oc2cccnc2N(C)C(=O)C1NC(=O)C1C=C(Cc2ccccc2)ON1. The Morgan fingerprint density at radius 2 is 2.03 bits per heavy atom. The number of hydroxylamine groups is 1. The summed E-state index contributed by atoms with van der Waals surface area (Å²) in [6.45, 7) is 1.74. The van der Waals surface area contributed by atoms with E-state index in [1.54, 1.807) is 38.4 Å². The molecule has 2 amide bonds. The van der Waals surface area contributed by atoms with Gasteiger partial charge in [0.15, 0.2) is 11.6 Å². The smallest absolute Gasteiger partial charge is 0.254 e. The number of nitrogens with zero attached hydrogens (tertiary/aromatic N) is 2. The molecule has 0 radical (unpaired) electrons. The number of hydrogen-bond donors (Lipinski definition) is 2. The van der Waals surface area contributed by atoms with E-state index in [2.05, 4.69) is 15.8 Å². The number of nitrogens with one attached hydrogen (secondary N) is 2. The maximum Gasteiger partial charge on any atom is 0.254 e. The van der Waals surface area contributed by atoms with Gasteiger partial charge in [-0.25, -0.2) is 4.98 Å². The number of hydrogen-bond acceptors (Lipinski definition) is 6. The summed E-state index contributed by atoms with van der Waals surface area (Å²) in [5.41, 5.74) is 3.79. The van der Waals surface area contributed by atoms with Crippen molar-refractivity contribution in [2.24, 2.45) is 0 Å². The molecule has 2 aromatic rings. The van der Waals surface area contributed by atoms with Gasteiger partial charge in [0.05, 0.1) is 0 Å². The molecular formula is C21H22N4O4. The lowest BCUT2D eigenvalue weighted by Gasteiger charge is -2.24. The molecule has 150 valence electrons. The summed E-state index contributed by atoms with van der Waals surface area (Å²) in [5, 5.41) is 2.78. The molecule has 3 unspecified atom stereocenters. The highest BCUT2D eigenvalue weighted by Gasteiger charge is 2.38. The Bertz CT molecular complexity index is 947. The van der Waals surface area contributed by atoms with Gasteiger partial charge in [0.25, 0.3) is 5.91 Å². The Balaban J connectivity index is 1.45. The third-order valence-corrected chi connectivity index (χ3v) is 4.92. The van der Waals surface area contributed by atoms with Crippen LogP contribution < -0.4 is 20.4 Å². The van der Waals surface area contributed by atoms with E-state index in [1.165, 1.54) is 4.90 Å². The molecular weight excluding hydrogens is 372 g/mol. The molecule has 29 heavy (non-hydrogen) atoms. The van der Waals surface area contributed by atoms with Crippen LogP contribution >= 0.6 is 0 Å². The largest absolute Gasteiger partial charge is 0.484 e. The second-order valence-corrected chi connectivity index (χ2v) is 7.02. The van der Waals surface area contributed by atoms with Crippen LogP contribution in [-0.2, 0) is 20.8 Å². The number of pyridine rings is 1. The van der Waals surface area contributed by atoms with E-state index in [9.17, 15) is 9.59 Å². The molecule has 4 rings (SSSR count). The normalized spacial score (nSPS) is 23.4. The van der Waals surface area contributed by atoms with Gasteiger partial charge >= 0.3 is 0 Å². The first-order valence-electron chi connectivity index (χ1n) is 9.39. The molecule has 2 aliphatic rings. The van der Waals surface area contributed by atoms with Gasteiger partial charge in [-0.3, -0.25) is 14.5 Å². The van der Waals surface area contributed by atoms with E-state index in [0.29, 0.717) is 23.7 Å². The quantitative estimate of drug-likeness (QED) is 0.813. The van der Waals surface area contributed by atoms with Gasteiger partial charge in [0.2, 0.25) is 5.91 Å². The predicted molar refractivity (Wildman–Crippen MR) is 106 cm³/mol. The topological polar surface area (TPSA) is 92.8 Å². The minimum absolute atomic E-state index is 0.296. The van der Waals surface area contributed by atoms with Gasteiger partial charge in [-0.1, -0.05) is 30.3 Å². The molecule has 0 saturated heterocycles. The first kappa shape index (κ1) is 18.9. The number of aromatic nitrogens is 1.